The van der Waals surface area contributed by atoms with Gasteiger partial charge in [-0.15, -0.1) is 0 Å². The molecule has 26 heavy (non-hydrogen) atoms. The molecule has 1 N–H and O–H groups in total. The van der Waals surface area contributed by atoms with Gasteiger partial charge in [-0.1, -0.05) is 17.7 Å². The number of rotatable bonds is 5. The van der Waals surface area contributed by atoms with Gasteiger partial charge in [0.1, 0.15) is 0 Å². The summed E-state index contributed by atoms with van der Waals surface area (Å²) in [4.78, 5) is 23.6. The van der Waals surface area contributed by atoms with Gasteiger partial charge in [0.2, 0.25) is 5.91 Å². The van der Waals surface area contributed by atoms with E-state index in [9.17, 15) is 18.0 Å². The van der Waals surface area contributed by atoms with Crippen molar-refractivity contribution in [1.82, 2.24) is 4.57 Å². The SMILES string of the molecule is Cn1c(=O)oc2ccc(NC(=O)CCS(=O)(=O)c3cccc(Cl)c3)cc21. The topological polar surface area (TPSA) is 98.4 Å². The van der Waals surface area contributed by atoms with Crippen LogP contribution in [0.4, 0.5) is 5.69 Å². The number of fused-ring (bicyclic) bond motifs is 1. The minimum atomic E-state index is -3.61. The van der Waals surface area contributed by atoms with Crippen molar-refractivity contribution in [3.8, 4) is 0 Å². The van der Waals surface area contributed by atoms with Gasteiger partial charge >= 0.3 is 5.76 Å². The Morgan fingerprint density at radius 3 is 2.73 bits per heavy atom. The second-order valence-electron chi connectivity index (χ2n) is 5.68. The molecule has 3 rings (SSSR count). The lowest BCUT2D eigenvalue weighted by Crippen LogP contribution is -2.17. The molecule has 0 spiro atoms. The van der Waals surface area contributed by atoms with Crippen LogP contribution in [0.25, 0.3) is 11.1 Å². The molecule has 0 radical (unpaired) electrons. The molecule has 1 amide bonds. The van der Waals surface area contributed by atoms with Crippen molar-refractivity contribution < 1.29 is 17.6 Å². The molecule has 1 heterocycles. The predicted molar refractivity (Wildman–Crippen MR) is 98.2 cm³/mol. The molecule has 7 nitrogen and oxygen atoms in total. The molecule has 0 aliphatic heterocycles. The number of carbonyl (C=O) groups excluding carboxylic acids is 1. The Bertz CT molecular complexity index is 1150. The lowest BCUT2D eigenvalue weighted by molar-refractivity contribution is -0.115. The Kier molecular flexibility index (Phi) is 4.88. The number of hydrogen-bond acceptors (Lipinski definition) is 5. The average Bonchev–Trinajstić information content (AvgIpc) is 2.88. The van der Waals surface area contributed by atoms with Gasteiger partial charge in [-0.05, 0) is 36.4 Å². The molecule has 0 fully saturated rings. The molecular formula is C17H15ClN2O5S. The minimum Gasteiger partial charge on any atom is -0.408 e. The monoisotopic (exact) mass is 394 g/mol. The van der Waals surface area contributed by atoms with E-state index in [1.807, 2.05) is 0 Å². The summed E-state index contributed by atoms with van der Waals surface area (Å²) in [5, 5.41) is 2.93. The Balaban J connectivity index is 1.69. The molecule has 0 aliphatic rings. The number of sulfone groups is 1. The highest BCUT2D eigenvalue weighted by Gasteiger charge is 2.17. The summed E-state index contributed by atoms with van der Waals surface area (Å²) < 4.78 is 30.9. The predicted octanol–water partition coefficient (Wildman–Crippen LogP) is 2.59. The van der Waals surface area contributed by atoms with Crippen LogP contribution in [0.1, 0.15) is 6.42 Å². The van der Waals surface area contributed by atoms with Crippen molar-refractivity contribution >= 4 is 44.1 Å². The molecule has 3 aromatic rings. The maximum atomic E-state index is 12.3. The maximum Gasteiger partial charge on any atom is 0.419 e. The number of anilines is 1. The van der Waals surface area contributed by atoms with Crippen LogP contribution >= 0.6 is 11.6 Å². The summed E-state index contributed by atoms with van der Waals surface area (Å²) in [5.74, 6) is -1.30. The fraction of sp³-hybridized carbons (Fsp3) is 0.176. The van der Waals surface area contributed by atoms with E-state index in [-0.39, 0.29) is 17.1 Å². The third-order valence-electron chi connectivity index (χ3n) is 3.83. The molecule has 0 bridgehead atoms. The van der Waals surface area contributed by atoms with Gasteiger partial charge in [0.25, 0.3) is 0 Å². The number of oxazole rings is 1. The van der Waals surface area contributed by atoms with Crippen molar-refractivity contribution in [2.24, 2.45) is 7.05 Å². The number of nitrogens with one attached hydrogen (secondary N) is 1. The molecule has 0 atom stereocenters. The first-order chi connectivity index (χ1) is 12.3. The summed E-state index contributed by atoms with van der Waals surface area (Å²) in [5.41, 5.74) is 1.37. The number of carbonyl (C=O) groups is 1. The number of aryl methyl sites for hydroxylation is 1. The molecule has 9 heteroatoms. The van der Waals surface area contributed by atoms with Crippen LogP contribution in [-0.4, -0.2) is 24.6 Å². The van der Waals surface area contributed by atoms with E-state index in [0.717, 1.165) is 0 Å². The zero-order chi connectivity index (χ0) is 18.9. The number of amides is 1. The second kappa shape index (κ2) is 6.97. The lowest BCUT2D eigenvalue weighted by Gasteiger charge is -2.07. The number of aromatic nitrogens is 1. The number of benzene rings is 2. The smallest absolute Gasteiger partial charge is 0.408 e. The van der Waals surface area contributed by atoms with E-state index in [1.165, 1.54) is 16.7 Å². The van der Waals surface area contributed by atoms with Gasteiger partial charge in [0, 0.05) is 24.2 Å². The van der Waals surface area contributed by atoms with E-state index < -0.39 is 21.5 Å². The summed E-state index contributed by atoms with van der Waals surface area (Å²) in [6.07, 6.45) is -0.211. The minimum absolute atomic E-state index is 0.0765. The van der Waals surface area contributed by atoms with E-state index in [1.54, 1.807) is 37.4 Å². The van der Waals surface area contributed by atoms with Crippen molar-refractivity contribution in [2.45, 2.75) is 11.3 Å². The van der Waals surface area contributed by atoms with Crippen LogP contribution in [-0.2, 0) is 21.7 Å². The van der Waals surface area contributed by atoms with Crippen LogP contribution in [0.5, 0.6) is 0 Å². The van der Waals surface area contributed by atoms with E-state index >= 15 is 0 Å². The van der Waals surface area contributed by atoms with E-state index in [4.69, 9.17) is 16.0 Å². The van der Waals surface area contributed by atoms with Crippen LogP contribution in [0.15, 0.2) is 56.6 Å². The molecule has 2 aromatic carbocycles. The first kappa shape index (κ1) is 18.2. The van der Waals surface area contributed by atoms with Gasteiger partial charge in [-0.25, -0.2) is 13.2 Å². The standard InChI is InChI=1S/C17H15ClN2O5S/c1-20-14-10-12(5-6-15(14)25-17(20)22)19-16(21)7-8-26(23,24)13-4-2-3-11(18)9-13/h2-6,9-10H,7-8H2,1H3,(H,19,21). The van der Waals surface area contributed by atoms with Gasteiger partial charge in [0.05, 0.1) is 16.2 Å². The summed E-state index contributed by atoms with van der Waals surface area (Å²) in [6.45, 7) is 0. The molecule has 0 saturated carbocycles. The number of hydrogen-bond donors (Lipinski definition) is 1. The third-order valence-corrected chi connectivity index (χ3v) is 5.78. The van der Waals surface area contributed by atoms with Crippen molar-refractivity contribution in [3.05, 3.63) is 58.0 Å². The molecule has 0 aliphatic carbocycles. The highest BCUT2D eigenvalue weighted by molar-refractivity contribution is 7.91. The first-order valence-electron chi connectivity index (χ1n) is 7.64. The van der Waals surface area contributed by atoms with Gasteiger partial charge in [-0.2, -0.15) is 0 Å². The zero-order valence-corrected chi connectivity index (χ0v) is 15.3. The van der Waals surface area contributed by atoms with E-state index in [0.29, 0.717) is 21.8 Å². The van der Waals surface area contributed by atoms with E-state index in [2.05, 4.69) is 5.32 Å². The molecular weight excluding hydrogens is 380 g/mol. The van der Waals surface area contributed by atoms with Crippen molar-refractivity contribution in [3.63, 3.8) is 0 Å². The molecule has 1 aromatic heterocycles. The Morgan fingerprint density at radius 1 is 1.23 bits per heavy atom. The summed E-state index contributed by atoms with van der Waals surface area (Å²) >= 11 is 5.81. The molecule has 136 valence electrons. The maximum absolute atomic E-state index is 12.3. The first-order valence-corrected chi connectivity index (χ1v) is 9.67. The Hall–Kier alpha value is -2.58. The lowest BCUT2D eigenvalue weighted by atomic mass is 10.2. The van der Waals surface area contributed by atoms with Gasteiger partial charge in [-0.3, -0.25) is 9.36 Å². The average molecular weight is 395 g/mol. The van der Waals surface area contributed by atoms with Crippen LogP contribution < -0.4 is 11.1 Å². The van der Waals surface area contributed by atoms with Gasteiger partial charge in [0.15, 0.2) is 15.4 Å². The van der Waals surface area contributed by atoms with Gasteiger partial charge < -0.3 is 9.73 Å². The van der Waals surface area contributed by atoms with Crippen molar-refractivity contribution in [1.29, 1.82) is 0 Å². The van der Waals surface area contributed by atoms with Crippen LogP contribution in [0.2, 0.25) is 5.02 Å². The fourth-order valence-electron chi connectivity index (χ4n) is 2.43. The zero-order valence-electron chi connectivity index (χ0n) is 13.7. The van der Waals surface area contributed by atoms with Crippen molar-refractivity contribution in [2.75, 3.05) is 11.1 Å². The normalized spacial score (nSPS) is 11.6. The highest BCUT2D eigenvalue weighted by atomic mass is 35.5. The van der Waals surface area contributed by atoms with Crippen LogP contribution in [0, 0.1) is 0 Å². The third kappa shape index (κ3) is 3.81. The Labute approximate surface area is 154 Å². The molecule has 0 saturated heterocycles. The Morgan fingerprint density at radius 2 is 2.00 bits per heavy atom. The second-order valence-corrected chi connectivity index (χ2v) is 8.23. The molecule has 0 unspecified atom stereocenters. The number of halogens is 1. The van der Waals surface area contributed by atoms with Crippen LogP contribution in [0.3, 0.4) is 0 Å². The summed E-state index contributed by atoms with van der Waals surface area (Å²) in [7, 11) is -2.06. The fourth-order valence-corrected chi connectivity index (χ4v) is 3.97. The quantitative estimate of drug-likeness (QED) is 0.717. The highest BCUT2D eigenvalue weighted by Crippen LogP contribution is 2.19. The summed E-state index contributed by atoms with van der Waals surface area (Å²) in [6, 6.07) is 10.6. The largest absolute Gasteiger partial charge is 0.419 e. The number of nitrogens with zero attached hydrogens (tertiary/aromatic N) is 1.